The molecule has 0 radical (unpaired) electrons. The van der Waals surface area contributed by atoms with Gasteiger partial charge in [-0.2, -0.15) is 5.10 Å². The molecule has 2 aliphatic heterocycles. The largest absolute Gasteiger partial charge is 0.477 e. The van der Waals surface area contributed by atoms with Crippen LogP contribution in [0.25, 0.3) is 0 Å². The topological polar surface area (TPSA) is 131 Å². The molecule has 1 aromatic rings. The molecule has 0 spiro atoms. The summed E-state index contributed by atoms with van der Waals surface area (Å²) in [5.41, 5.74) is 1.37. The molecule has 0 saturated carbocycles. The Morgan fingerprint density at radius 3 is 2.60 bits per heavy atom. The number of carbonyl (C=O) groups is 4. The highest BCUT2D eigenvalue weighted by Gasteiger charge is 2.54. The molecule has 2 aliphatic rings. The van der Waals surface area contributed by atoms with Gasteiger partial charge in [-0.1, -0.05) is 11.6 Å². The van der Waals surface area contributed by atoms with Crippen molar-refractivity contribution in [3.63, 3.8) is 0 Å². The van der Waals surface area contributed by atoms with E-state index in [9.17, 15) is 24.3 Å². The van der Waals surface area contributed by atoms with Gasteiger partial charge in [-0.25, -0.2) is 4.79 Å². The van der Waals surface area contributed by atoms with Crippen LogP contribution in [-0.2, 0) is 23.9 Å². The van der Waals surface area contributed by atoms with Gasteiger partial charge in [0.2, 0.25) is 5.91 Å². The van der Waals surface area contributed by atoms with Gasteiger partial charge in [-0.05, 0) is 20.8 Å². The zero-order valence-electron chi connectivity index (χ0n) is 16.8. The number of nitrogens with zero attached hydrogens (tertiary/aromatic N) is 3. The van der Waals surface area contributed by atoms with Gasteiger partial charge in [0.15, 0.2) is 0 Å². The summed E-state index contributed by atoms with van der Waals surface area (Å²) in [5, 5.41) is 16.4. The van der Waals surface area contributed by atoms with Crippen molar-refractivity contribution in [3.8, 4) is 0 Å². The third-order valence-electron chi connectivity index (χ3n) is 4.98. The van der Waals surface area contributed by atoms with Crippen molar-refractivity contribution in [2.75, 3.05) is 12.4 Å². The second-order valence-electron chi connectivity index (χ2n) is 7.04. The van der Waals surface area contributed by atoms with E-state index in [2.05, 4.69) is 10.4 Å². The number of fused-ring (bicyclic) bond motifs is 1. The first-order valence-corrected chi connectivity index (χ1v) is 10.5. The molecule has 1 aromatic heterocycles. The first-order chi connectivity index (χ1) is 14.0. The third-order valence-corrected chi connectivity index (χ3v) is 6.87. The average molecular weight is 457 g/mol. The summed E-state index contributed by atoms with van der Waals surface area (Å²) in [4.78, 5) is 49.3. The number of aryl methyl sites for hydroxylation is 1. The highest BCUT2D eigenvalue weighted by molar-refractivity contribution is 8.00. The molecule has 0 aromatic carbocycles. The number of ether oxygens (including phenoxy) is 1. The Morgan fingerprint density at radius 2 is 2.07 bits per heavy atom. The Balaban J connectivity index is 1.74. The number of aromatic nitrogens is 2. The van der Waals surface area contributed by atoms with E-state index in [0.717, 1.165) is 4.90 Å². The number of esters is 1. The van der Waals surface area contributed by atoms with Crippen molar-refractivity contribution >= 4 is 47.1 Å². The van der Waals surface area contributed by atoms with Gasteiger partial charge in [0.05, 0.1) is 16.4 Å². The summed E-state index contributed by atoms with van der Waals surface area (Å²) in [6.07, 6.45) is 0. The fourth-order valence-corrected chi connectivity index (χ4v) is 4.84. The van der Waals surface area contributed by atoms with Crippen LogP contribution >= 0.6 is 23.4 Å². The van der Waals surface area contributed by atoms with Gasteiger partial charge < -0.3 is 15.2 Å². The van der Waals surface area contributed by atoms with Crippen molar-refractivity contribution in [1.29, 1.82) is 0 Å². The maximum Gasteiger partial charge on any atom is 0.352 e. The van der Waals surface area contributed by atoms with E-state index < -0.39 is 41.2 Å². The molecule has 162 valence electrons. The van der Waals surface area contributed by atoms with E-state index in [4.69, 9.17) is 16.3 Å². The van der Waals surface area contributed by atoms with Gasteiger partial charge in [-0.15, -0.1) is 11.8 Å². The minimum atomic E-state index is -1.29. The van der Waals surface area contributed by atoms with E-state index in [1.54, 1.807) is 20.8 Å². The quantitative estimate of drug-likeness (QED) is 0.479. The van der Waals surface area contributed by atoms with Gasteiger partial charge in [-0.3, -0.25) is 24.0 Å². The van der Waals surface area contributed by atoms with Crippen LogP contribution in [0.4, 0.5) is 0 Å². The molecule has 3 rings (SSSR count). The zero-order chi connectivity index (χ0) is 22.3. The predicted molar refractivity (Wildman–Crippen MR) is 108 cm³/mol. The number of aliphatic carboxylic acids is 1. The molecule has 1 fully saturated rings. The van der Waals surface area contributed by atoms with Crippen molar-refractivity contribution in [2.45, 2.75) is 45.2 Å². The van der Waals surface area contributed by atoms with Crippen molar-refractivity contribution in [1.82, 2.24) is 20.0 Å². The van der Waals surface area contributed by atoms with Gasteiger partial charge in [0, 0.05) is 18.2 Å². The van der Waals surface area contributed by atoms with E-state index in [-0.39, 0.29) is 18.1 Å². The number of carboxylic acids is 1. The van der Waals surface area contributed by atoms with E-state index >= 15 is 0 Å². The Labute approximate surface area is 181 Å². The smallest absolute Gasteiger partial charge is 0.352 e. The van der Waals surface area contributed by atoms with Gasteiger partial charge in [0.1, 0.15) is 29.8 Å². The van der Waals surface area contributed by atoms with E-state index in [0.29, 0.717) is 22.0 Å². The lowest BCUT2D eigenvalue weighted by molar-refractivity contribution is -0.151. The molecule has 10 nitrogen and oxygen atoms in total. The van der Waals surface area contributed by atoms with Crippen LogP contribution in [0.15, 0.2) is 11.3 Å². The molecular weight excluding hydrogens is 436 g/mol. The number of thioether (sulfide) groups is 1. The number of β-lactam (4-membered cyclic amide) rings is 1. The first kappa shape index (κ1) is 22.2. The molecule has 3 heterocycles. The van der Waals surface area contributed by atoms with Crippen LogP contribution in [0.5, 0.6) is 0 Å². The fraction of sp³-hybridized carbons (Fsp3) is 0.500. The number of halogens is 1. The molecule has 12 heteroatoms. The molecular formula is C18H21ClN4O6S. The molecule has 2 N–H and O–H groups in total. The lowest BCUT2D eigenvalue weighted by atomic mass is 10.0. The number of nitrogens with one attached hydrogen (secondary N) is 1. The van der Waals surface area contributed by atoms with Crippen LogP contribution in [0.1, 0.15) is 31.3 Å². The standard InChI is InChI=1S/C18H21ClN4O6S/c1-7-12(19)8(2)23(21-7)9(3)15(25)20-13-16(26)22-14(18(27)28)11(5-29-10(4)24)6-30-17(13)22/h9,13,17H,5-6H2,1-4H3,(H,20,25)(H,27,28)/t9-,13+,17+/m1/s1. The second-order valence-corrected chi connectivity index (χ2v) is 8.52. The van der Waals surface area contributed by atoms with E-state index in [1.165, 1.54) is 23.4 Å². The highest BCUT2D eigenvalue weighted by Crippen LogP contribution is 2.40. The lowest BCUT2D eigenvalue weighted by Gasteiger charge is -2.49. The van der Waals surface area contributed by atoms with Gasteiger partial charge in [0.25, 0.3) is 5.91 Å². The first-order valence-electron chi connectivity index (χ1n) is 9.09. The predicted octanol–water partition coefficient (Wildman–Crippen LogP) is 1.02. The number of amides is 2. The normalized spacial score (nSPS) is 21.6. The summed E-state index contributed by atoms with van der Waals surface area (Å²) in [7, 11) is 0. The van der Waals surface area contributed by atoms with Crippen molar-refractivity contribution < 1.29 is 29.0 Å². The van der Waals surface area contributed by atoms with Crippen LogP contribution < -0.4 is 5.32 Å². The molecule has 0 bridgehead atoms. The van der Waals surface area contributed by atoms with Gasteiger partial charge >= 0.3 is 11.9 Å². The minimum absolute atomic E-state index is 0.200. The van der Waals surface area contributed by atoms with Crippen LogP contribution in [-0.4, -0.2) is 67.3 Å². The third kappa shape index (κ3) is 3.79. The lowest BCUT2D eigenvalue weighted by Crippen LogP contribution is -2.71. The molecule has 0 aliphatic carbocycles. The Morgan fingerprint density at radius 1 is 1.40 bits per heavy atom. The summed E-state index contributed by atoms with van der Waals surface area (Å²) in [6.45, 7) is 6.13. The zero-order valence-corrected chi connectivity index (χ0v) is 18.3. The number of hydrogen-bond acceptors (Lipinski definition) is 7. The molecule has 3 atom stereocenters. The maximum absolute atomic E-state index is 12.7. The van der Waals surface area contributed by atoms with Crippen LogP contribution in [0.2, 0.25) is 5.02 Å². The summed E-state index contributed by atoms with van der Waals surface area (Å²) < 4.78 is 6.39. The number of carbonyl (C=O) groups excluding carboxylic acids is 3. The Hall–Kier alpha value is -2.53. The van der Waals surface area contributed by atoms with Crippen LogP contribution in [0, 0.1) is 13.8 Å². The van der Waals surface area contributed by atoms with Crippen molar-refractivity contribution in [3.05, 3.63) is 27.7 Å². The van der Waals surface area contributed by atoms with Crippen molar-refractivity contribution in [2.24, 2.45) is 0 Å². The number of rotatable bonds is 6. The number of carboxylic acid groups (broad SMARTS) is 1. The Kier molecular flexibility index (Phi) is 6.14. The average Bonchev–Trinajstić information content (AvgIpc) is 2.95. The van der Waals surface area contributed by atoms with E-state index in [1.807, 2.05) is 0 Å². The molecule has 30 heavy (non-hydrogen) atoms. The second kappa shape index (κ2) is 8.31. The SMILES string of the molecule is CC(=O)OCC1=C(C(=O)O)N2C(=O)[C@H](NC(=O)[C@@H](C)n3nc(C)c(Cl)c3C)[C@@H]2SC1. The summed E-state index contributed by atoms with van der Waals surface area (Å²) in [5.74, 6) is -2.53. The maximum atomic E-state index is 12.7. The minimum Gasteiger partial charge on any atom is -0.477 e. The number of hydrogen-bond donors (Lipinski definition) is 2. The van der Waals surface area contributed by atoms with Crippen LogP contribution in [0.3, 0.4) is 0 Å². The highest BCUT2D eigenvalue weighted by atomic mass is 35.5. The fourth-order valence-electron chi connectivity index (χ4n) is 3.39. The molecule has 2 amide bonds. The summed E-state index contributed by atoms with van der Waals surface area (Å²) >= 11 is 7.44. The summed E-state index contributed by atoms with van der Waals surface area (Å²) in [6, 6.07) is -1.57. The monoisotopic (exact) mass is 456 g/mol. The molecule has 1 saturated heterocycles. The Bertz CT molecular complexity index is 974. The molecule has 0 unspecified atom stereocenters.